The molecule has 0 atom stereocenters. The third-order valence-electron chi connectivity index (χ3n) is 2.39. The van der Waals surface area contributed by atoms with Crippen LogP contribution < -0.4 is 4.74 Å². The van der Waals surface area contributed by atoms with E-state index in [1.165, 1.54) is 0 Å². The molecule has 0 saturated carbocycles. The van der Waals surface area contributed by atoms with E-state index in [1.54, 1.807) is 7.11 Å². The predicted molar refractivity (Wildman–Crippen MR) is 59.9 cm³/mol. The number of hydrogen-bond donors (Lipinski definition) is 0. The highest BCUT2D eigenvalue weighted by Gasteiger charge is 2.17. The Morgan fingerprint density at radius 1 is 1.20 bits per heavy atom. The predicted octanol–water partition coefficient (Wildman–Crippen LogP) is 1.19. The molecule has 1 aliphatic heterocycles. The van der Waals surface area contributed by atoms with Crippen LogP contribution in [0.4, 0.5) is 0 Å². The van der Waals surface area contributed by atoms with Gasteiger partial charge in [0.15, 0.2) is 5.84 Å². The Hall–Kier alpha value is -1.71. The molecular weight excluding hydrogens is 190 g/mol. The van der Waals surface area contributed by atoms with Crippen LogP contribution in [0.2, 0.25) is 0 Å². The molecule has 0 bridgehead atoms. The van der Waals surface area contributed by atoms with E-state index >= 15 is 0 Å². The largest absolute Gasteiger partial charge is 0.497 e. The van der Waals surface area contributed by atoms with Crippen molar-refractivity contribution in [2.75, 3.05) is 27.9 Å². The molecule has 1 heterocycles. The number of benzene rings is 1. The summed E-state index contributed by atoms with van der Waals surface area (Å²) in [7, 11) is 5.67. The molecule has 0 aromatic heterocycles. The summed E-state index contributed by atoms with van der Waals surface area (Å²) in [6.07, 6.45) is 0. The fourth-order valence-electron chi connectivity index (χ4n) is 1.66. The Labute approximate surface area is 89.7 Å². The van der Waals surface area contributed by atoms with E-state index in [4.69, 9.17) is 4.74 Å². The first kappa shape index (κ1) is 9.83. The molecule has 0 fully saturated rings. The van der Waals surface area contributed by atoms with Gasteiger partial charge in [-0.15, -0.1) is 0 Å². The van der Waals surface area contributed by atoms with Gasteiger partial charge in [0.05, 0.1) is 7.11 Å². The van der Waals surface area contributed by atoms with Crippen molar-refractivity contribution in [2.45, 2.75) is 0 Å². The summed E-state index contributed by atoms with van der Waals surface area (Å²) in [6, 6.07) is 7.94. The van der Waals surface area contributed by atoms with Crippen LogP contribution in [0.3, 0.4) is 0 Å². The van der Waals surface area contributed by atoms with E-state index in [-0.39, 0.29) is 0 Å². The van der Waals surface area contributed by atoms with E-state index in [9.17, 15) is 0 Å². The lowest BCUT2D eigenvalue weighted by atomic mass is 10.2. The Kier molecular flexibility index (Phi) is 2.49. The van der Waals surface area contributed by atoms with Crippen LogP contribution in [0.15, 0.2) is 29.4 Å². The normalized spacial score (nSPS) is 15.5. The van der Waals surface area contributed by atoms with Crippen LogP contribution >= 0.6 is 0 Å². The van der Waals surface area contributed by atoms with Crippen molar-refractivity contribution in [1.29, 1.82) is 0 Å². The second-order valence-corrected chi connectivity index (χ2v) is 3.65. The van der Waals surface area contributed by atoms with Crippen LogP contribution in [0, 0.1) is 0 Å². The molecule has 1 aliphatic rings. The number of amidine groups is 1. The quantitative estimate of drug-likeness (QED) is 0.726. The summed E-state index contributed by atoms with van der Waals surface area (Å²) in [5, 5.41) is 6.35. The average molecular weight is 205 g/mol. The van der Waals surface area contributed by atoms with Gasteiger partial charge >= 0.3 is 0 Å². The number of hydrogen-bond acceptors (Lipinski definition) is 4. The van der Waals surface area contributed by atoms with Crippen LogP contribution in [-0.4, -0.2) is 43.6 Å². The molecule has 0 aliphatic carbocycles. The number of nitrogens with zero attached hydrogens (tertiary/aromatic N) is 3. The van der Waals surface area contributed by atoms with E-state index in [0.29, 0.717) is 0 Å². The van der Waals surface area contributed by atoms with Gasteiger partial charge in [0, 0.05) is 19.7 Å². The van der Waals surface area contributed by atoms with Crippen molar-refractivity contribution in [3.05, 3.63) is 29.8 Å². The number of rotatable bonds is 2. The third-order valence-corrected chi connectivity index (χ3v) is 2.39. The number of hydrazone groups is 1. The van der Waals surface area contributed by atoms with E-state index in [2.05, 4.69) is 10.0 Å². The zero-order valence-electron chi connectivity index (χ0n) is 9.27. The van der Waals surface area contributed by atoms with Crippen LogP contribution in [0.1, 0.15) is 5.56 Å². The third kappa shape index (κ3) is 1.88. The highest BCUT2D eigenvalue weighted by molar-refractivity contribution is 5.99. The van der Waals surface area contributed by atoms with E-state index < -0.39 is 0 Å². The zero-order chi connectivity index (χ0) is 10.8. The van der Waals surface area contributed by atoms with Gasteiger partial charge in [-0.3, -0.25) is 5.01 Å². The Morgan fingerprint density at radius 2 is 1.87 bits per heavy atom. The SMILES string of the molecule is COc1ccc(C2=NN(C)CN2C)cc1. The second kappa shape index (κ2) is 3.81. The fraction of sp³-hybridized carbons (Fsp3) is 0.364. The minimum absolute atomic E-state index is 0.835. The maximum absolute atomic E-state index is 5.12. The lowest BCUT2D eigenvalue weighted by molar-refractivity contribution is 0.303. The van der Waals surface area contributed by atoms with E-state index in [1.807, 2.05) is 43.4 Å². The topological polar surface area (TPSA) is 28.1 Å². The van der Waals surface area contributed by atoms with Gasteiger partial charge in [0.25, 0.3) is 0 Å². The van der Waals surface area contributed by atoms with Crippen molar-refractivity contribution in [3.63, 3.8) is 0 Å². The average Bonchev–Trinajstić information content (AvgIpc) is 2.58. The molecule has 80 valence electrons. The standard InChI is InChI=1S/C11H15N3O/c1-13-8-14(2)12-11(13)9-4-6-10(15-3)7-5-9/h4-7H,8H2,1-3H3. The van der Waals surface area contributed by atoms with Crippen molar-refractivity contribution >= 4 is 5.84 Å². The first-order valence-corrected chi connectivity index (χ1v) is 4.86. The maximum Gasteiger partial charge on any atom is 0.157 e. The van der Waals surface area contributed by atoms with Gasteiger partial charge in [-0.05, 0) is 24.3 Å². The van der Waals surface area contributed by atoms with Crippen molar-refractivity contribution < 1.29 is 4.74 Å². The number of ether oxygens (including phenoxy) is 1. The van der Waals surface area contributed by atoms with Gasteiger partial charge in [-0.25, -0.2) is 0 Å². The zero-order valence-corrected chi connectivity index (χ0v) is 9.27. The van der Waals surface area contributed by atoms with Crippen molar-refractivity contribution in [2.24, 2.45) is 5.10 Å². The molecule has 15 heavy (non-hydrogen) atoms. The molecule has 0 saturated heterocycles. The van der Waals surface area contributed by atoms with Gasteiger partial charge in [-0.2, -0.15) is 5.10 Å². The molecule has 0 spiro atoms. The van der Waals surface area contributed by atoms with Crippen LogP contribution in [0.5, 0.6) is 5.75 Å². The monoisotopic (exact) mass is 205 g/mol. The summed E-state index contributed by atoms with van der Waals surface area (Å²) in [6.45, 7) is 0.835. The summed E-state index contributed by atoms with van der Waals surface area (Å²) < 4.78 is 5.12. The molecular formula is C11H15N3O. The highest BCUT2D eigenvalue weighted by Crippen LogP contribution is 2.16. The first-order chi connectivity index (χ1) is 7.20. The van der Waals surface area contributed by atoms with Crippen molar-refractivity contribution in [3.8, 4) is 5.75 Å². The summed E-state index contributed by atoms with van der Waals surface area (Å²) >= 11 is 0. The van der Waals surface area contributed by atoms with Crippen molar-refractivity contribution in [1.82, 2.24) is 9.91 Å². The lowest BCUT2D eigenvalue weighted by Gasteiger charge is -2.13. The van der Waals surface area contributed by atoms with Gasteiger partial charge < -0.3 is 9.64 Å². The second-order valence-electron chi connectivity index (χ2n) is 3.65. The Morgan fingerprint density at radius 3 is 2.33 bits per heavy atom. The minimum atomic E-state index is 0.835. The molecule has 0 radical (unpaired) electrons. The number of methoxy groups -OCH3 is 1. The first-order valence-electron chi connectivity index (χ1n) is 4.86. The smallest absolute Gasteiger partial charge is 0.157 e. The van der Waals surface area contributed by atoms with Crippen LogP contribution in [-0.2, 0) is 0 Å². The Balaban J connectivity index is 2.26. The molecule has 0 unspecified atom stereocenters. The van der Waals surface area contributed by atoms with Gasteiger partial charge in [0.2, 0.25) is 0 Å². The highest BCUT2D eigenvalue weighted by atomic mass is 16.5. The molecule has 0 amide bonds. The molecule has 2 rings (SSSR count). The minimum Gasteiger partial charge on any atom is -0.497 e. The Bertz CT molecular complexity index is 372. The van der Waals surface area contributed by atoms with E-state index in [0.717, 1.165) is 23.8 Å². The maximum atomic E-state index is 5.12. The van der Waals surface area contributed by atoms with Crippen LogP contribution in [0.25, 0.3) is 0 Å². The summed E-state index contributed by atoms with van der Waals surface area (Å²) in [5.41, 5.74) is 1.11. The van der Waals surface area contributed by atoms with Gasteiger partial charge in [-0.1, -0.05) is 0 Å². The molecule has 1 aromatic rings. The molecule has 4 nitrogen and oxygen atoms in total. The summed E-state index contributed by atoms with van der Waals surface area (Å²) in [5.74, 6) is 1.87. The molecule has 0 N–H and O–H groups in total. The lowest BCUT2D eigenvalue weighted by Crippen LogP contribution is -2.25. The fourth-order valence-corrected chi connectivity index (χ4v) is 1.66. The molecule has 4 heteroatoms. The molecule has 1 aromatic carbocycles. The van der Waals surface area contributed by atoms with Gasteiger partial charge in [0.1, 0.15) is 12.4 Å². The summed E-state index contributed by atoms with van der Waals surface area (Å²) in [4.78, 5) is 2.11.